The molecule has 6 heteroatoms. The number of nitrogens with one attached hydrogen (secondary N) is 1. The van der Waals surface area contributed by atoms with Crippen LogP contribution in [0.4, 0.5) is 0 Å². The van der Waals surface area contributed by atoms with E-state index in [-0.39, 0.29) is 6.61 Å². The van der Waals surface area contributed by atoms with E-state index in [0.717, 1.165) is 12.4 Å². The molecule has 0 saturated heterocycles. The molecule has 0 fully saturated rings. The molecular formula is C10H20N4O2. The van der Waals surface area contributed by atoms with Crippen LogP contribution in [0.25, 0.3) is 0 Å². The van der Waals surface area contributed by atoms with Crippen LogP contribution in [-0.2, 0) is 13.1 Å². The number of aliphatic hydroxyl groups excluding tert-OH is 2. The third kappa shape index (κ3) is 4.26. The van der Waals surface area contributed by atoms with Crippen LogP contribution in [0, 0.1) is 5.92 Å². The normalized spacial score (nSPS) is 13.3. The molecule has 0 aromatic carbocycles. The Hall–Kier alpha value is -0.980. The predicted octanol–water partition coefficient (Wildman–Crippen LogP) is -0.623. The van der Waals surface area contributed by atoms with Gasteiger partial charge in [-0.25, -0.2) is 9.67 Å². The highest BCUT2D eigenvalue weighted by atomic mass is 16.3. The highest BCUT2D eigenvalue weighted by Gasteiger charge is 2.07. The van der Waals surface area contributed by atoms with E-state index in [2.05, 4.69) is 29.2 Å². The summed E-state index contributed by atoms with van der Waals surface area (Å²) in [6.45, 7) is 5.74. The van der Waals surface area contributed by atoms with Gasteiger partial charge in [0.2, 0.25) is 0 Å². The van der Waals surface area contributed by atoms with Crippen molar-refractivity contribution in [1.82, 2.24) is 20.1 Å². The van der Waals surface area contributed by atoms with Crippen molar-refractivity contribution in [2.45, 2.75) is 33.0 Å². The van der Waals surface area contributed by atoms with E-state index >= 15 is 0 Å². The molecule has 0 aliphatic rings. The molecule has 1 aromatic heterocycles. The Balaban J connectivity index is 2.38. The molecule has 0 radical (unpaired) electrons. The largest absolute Gasteiger partial charge is 0.394 e. The lowest BCUT2D eigenvalue weighted by Crippen LogP contribution is -2.30. The lowest BCUT2D eigenvalue weighted by molar-refractivity contribution is 0.0939. The number of aromatic nitrogens is 3. The first-order valence-corrected chi connectivity index (χ1v) is 5.49. The van der Waals surface area contributed by atoms with Crippen molar-refractivity contribution in [3.8, 4) is 0 Å². The van der Waals surface area contributed by atoms with Gasteiger partial charge in [-0.2, -0.15) is 5.10 Å². The molecule has 6 nitrogen and oxygen atoms in total. The number of hydrogen-bond donors (Lipinski definition) is 3. The van der Waals surface area contributed by atoms with E-state index in [1.54, 1.807) is 0 Å². The van der Waals surface area contributed by atoms with Crippen molar-refractivity contribution in [2.75, 3.05) is 13.2 Å². The highest BCUT2D eigenvalue weighted by Crippen LogP contribution is 2.00. The van der Waals surface area contributed by atoms with Gasteiger partial charge in [0.15, 0.2) is 0 Å². The summed E-state index contributed by atoms with van der Waals surface area (Å²) in [6.07, 6.45) is 0.809. The van der Waals surface area contributed by atoms with Gasteiger partial charge < -0.3 is 15.5 Å². The second-order valence-corrected chi connectivity index (χ2v) is 4.22. The zero-order valence-corrected chi connectivity index (χ0v) is 9.80. The molecular weight excluding hydrogens is 208 g/mol. The average molecular weight is 228 g/mol. The Morgan fingerprint density at radius 2 is 2.25 bits per heavy atom. The van der Waals surface area contributed by atoms with Crippen LogP contribution in [0.2, 0.25) is 0 Å². The molecule has 1 heterocycles. The molecule has 16 heavy (non-hydrogen) atoms. The number of aliphatic hydroxyl groups is 2. The van der Waals surface area contributed by atoms with E-state index in [4.69, 9.17) is 10.2 Å². The summed E-state index contributed by atoms with van der Waals surface area (Å²) < 4.78 is 1.85. The zero-order valence-electron chi connectivity index (χ0n) is 9.80. The topological polar surface area (TPSA) is 83.2 Å². The van der Waals surface area contributed by atoms with Gasteiger partial charge in [0, 0.05) is 13.1 Å². The molecule has 92 valence electrons. The summed E-state index contributed by atoms with van der Waals surface area (Å²) in [5, 5.41) is 24.9. The molecule has 1 atom stereocenters. The van der Waals surface area contributed by atoms with Crippen LogP contribution in [-0.4, -0.2) is 44.2 Å². The van der Waals surface area contributed by atoms with Crippen LogP contribution < -0.4 is 5.32 Å². The Labute approximate surface area is 95.3 Å². The van der Waals surface area contributed by atoms with Crippen molar-refractivity contribution in [3.63, 3.8) is 0 Å². The fourth-order valence-corrected chi connectivity index (χ4v) is 1.34. The zero-order chi connectivity index (χ0) is 12.0. The molecule has 0 aliphatic heterocycles. The van der Waals surface area contributed by atoms with Gasteiger partial charge in [-0.15, -0.1) is 0 Å². The van der Waals surface area contributed by atoms with Crippen LogP contribution >= 0.6 is 0 Å². The SMILES string of the molecule is CC(C)Cn1ncnc1CNCC(O)CO. The van der Waals surface area contributed by atoms with Gasteiger partial charge in [-0.05, 0) is 5.92 Å². The maximum absolute atomic E-state index is 9.15. The van der Waals surface area contributed by atoms with Crippen molar-refractivity contribution >= 4 is 0 Å². The van der Waals surface area contributed by atoms with E-state index in [0.29, 0.717) is 19.0 Å². The first kappa shape index (κ1) is 13.1. The van der Waals surface area contributed by atoms with Gasteiger partial charge in [-0.1, -0.05) is 13.8 Å². The monoisotopic (exact) mass is 228 g/mol. The Kier molecular flexibility index (Phi) is 5.37. The third-order valence-electron chi connectivity index (χ3n) is 2.11. The minimum Gasteiger partial charge on any atom is -0.394 e. The molecule has 0 amide bonds. The molecule has 1 aromatic rings. The van der Waals surface area contributed by atoms with Gasteiger partial charge in [0.05, 0.1) is 19.3 Å². The van der Waals surface area contributed by atoms with Crippen LogP contribution in [0.3, 0.4) is 0 Å². The Morgan fingerprint density at radius 3 is 2.88 bits per heavy atom. The first-order valence-electron chi connectivity index (χ1n) is 5.49. The standard InChI is InChI=1S/C10H20N4O2/c1-8(2)5-14-10(12-7-13-14)4-11-3-9(16)6-15/h7-9,11,15-16H,3-6H2,1-2H3. The predicted molar refractivity (Wildman–Crippen MR) is 59.7 cm³/mol. The molecule has 0 aliphatic carbocycles. The lowest BCUT2D eigenvalue weighted by atomic mass is 10.2. The first-order chi connectivity index (χ1) is 7.63. The van der Waals surface area contributed by atoms with Gasteiger partial charge >= 0.3 is 0 Å². The minimum atomic E-state index is -0.721. The van der Waals surface area contributed by atoms with Gasteiger partial charge in [0.25, 0.3) is 0 Å². The molecule has 0 spiro atoms. The summed E-state index contributed by atoms with van der Waals surface area (Å²) in [5.41, 5.74) is 0. The molecule has 0 bridgehead atoms. The number of rotatable bonds is 7. The number of hydrogen-bond acceptors (Lipinski definition) is 5. The highest BCUT2D eigenvalue weighted by molar-refractivity contribution is 4.84. The van der Waals surface area contributed by atoms with Crippen molar-refractivity contribution < 1.29 is 10.2 Å². The molecule has 0 saturated carbocycles. The Bertz CT molecular complexity index is 301. The van der Waals surface area contributed by atoms with E-state index in [9.17, 15) is 0 Å². The van der Waals surface area contributed by atoms with Crippen molar-refractivity contribution in [3.05, 3.63) is 12.2 Å². The summed E-state index contributed by atoms with van der Waals surface area (Å²) in [4.78, 5) is 4.14. The van der Waals surface area contributed by atoms with Crippen molar-refractivity contribution in [2.24, 2.45) is 5.92 Å². The fraction of sp³-hybridized carbons (Fsp3) is 0.800. The van der Waals surface area contributed by atoms with Gasteiger partial charge in [0.1, 0.15) is 12.2 Å². The fourth-order valence-electron chi connectivity index (χ4n) is 1.34. The second kappa shape index (κ2) is 6.57. The van der Waals surface area contributed by atoms with Crippen LogP contribution in [0.1, 0.15) is 19.7 Å². The Morgan fingerprint density at radius 1 is 1.50 bits per heavy atom. The molecule has 1 unspecified atom stereocenters. The average Bonchev–Trinajstić information content (AvgIpc) is 2.64. The maximum Gasteiger partial charge on any atom is 0.140 e. The van der Waals surface area contributed by atoms with E-state index in [1.165, 1.54) is 6.33 Å². The summed E-state index contributed by atoms with van der Waals surface area (Å²) >= 11 is 0. The third-order valence-corrected chi connectivity index (χ3v) is 2.11. The maximum atomic E-state index is 9.15. The van der Waals surface area contributed by atoms with Crippen LogP contribution in [0.5, 0.6) is 0 Å². The summed E-state index contributed by atoms with van der Waals surface area (Å²) in [7, 11) is 0. The second-order valence-electron chi connectivity index (χ2n) is 4.22. The van der Waals surface area contributed by atoms with E-state index < -0.39 is 6.10 Å². The smallest absolute Gasteiger partial charge is 0.140 e. The molecule has 1 rings (SSSR count). The quantitative estimate of drug-likeness (QED) is 0.579. The molecule has 3 N–H and O–H groups in total. The minimum absolute atomic E-state index is 0.230. The van der Waals surface area contributed by atoms with Crippen LogP contribution in [0.15, 0.2) is 6.33 Å². The van der Waals surface area contributed by atoms with E-state index in [1.807, 2.05) is 4.68 Å². The lowest BCUT2D eigenvalue weighted by Gasteiger charge is -2.10. The van der Waals surface area contributed by atoms with Gasteiger partial charge in [-0.3, -0.25) is 0 Å². The van der Waals surface area contributed by atoms with Crippen molar-refractivity contribution in [1.29, 1.82) is 0 Å². The summed E-state index contributed by atoms with van der Waals surface area (Å²) in [5.74, 6) is 1.36. The summed E-state index contributed by atoms with van der Waals surface area (Å²) in [6, 6.07) is 0. The number of nitrogens with zero attached hydrogens (tertiary/aromatic N) is 3.